The molecule has 140 valence electrons. The number of benzene rings is 1. The van der Waals surface area contributed by atoms with Crippen molar-refractivity contribution in [1.82, 2.24) is 10.2 Å². The number of methoxy groups -OCH3 is 2. The molecule has 1 fully saturated rings. The number of urea groups is 1. The number of carbonyl (C=O) groups excluding carboxylic acids is 1. The molecule has 2 atom stereocenters. The molecule has 1 heterocycles. The Morgan fingerprint density at radius 3 is 2.64 bits per heavy atom. The molecule has 0 unspecified atom stereocenters. The molecule has 0 saturated carbocycles. The van der Waals surface area contributed by atoms with Gasteiger partial charge in [-0.3, -0.25) is 0 Å². The van der Waals surface area contributed by atoms with E-state index >= 15 is 0 Å². The number of nitrogens with one attached hydrogen (secondary N) is 1. The van der Waals surface area contributed by atoms with E-state index in [2.05, 4.69) is 5.32 Å². The lowest BCUT2D eigenvalue weighted by Gasteiger charge is -2.33. The van der Waals surface area contributed by atoms with Gasteiger partial charge in [0, 0.05) is 19.7 Å². The van der Waals surface area contributed by atoms with E-state index in [4.69, 9.17) is 14.2 Å². The zero-order valence-corrected chi connectivity index (χ0v) is 15.9. The number of hydrogen-bond donors (Lipinski definition) is 1. The minimum absolute atomic E-state index is 0.0499. The predicted molar refractivity (Wildman–Crippen MR) is 97.5 cm³/mol. The summed E-state index contributed by atoms with van der Waals surface area (Å²) >= 11 is 0. The molecule has 0 aliphatic carbocycles. The highest BCUT2D eigenvalue weighted by atomic mass is 16.5. The van der Waals surface area contributed by atoms with Gasteiger partial charge in [0.25, 0.3) is 0 Å². The van der Waals surface area contributed by atoms with E-state index in [1.807, 2.05) is 37.8 Å². The lowest BCUT2D eigenvalue weighted by Crippen LogP contribution is -2.48. The summed E-state index contributed by atoms with van der Waals surface area (Å²) in [6.07, 6.45) is 2.13. The van der Waals surface area contributed by atoms with E-state index in [-0.39, 0.29) is 18.2 Å². The normalized spacial score (nSPS) is 18.6. The summed E-state index contributed by atoms with van der Waals surface area (Å²) in [5.41, 5.74) is 2.07. The number of aryl methyl sites for hydroxylation is 1. The minimum atomic E-state index is -0.125. The third-order valence-corrected chi connectivity index (χ3v) is 4.65. The smallest absolute Gasteiger partial charge is 0.317 e. The van der Waals surface area contributed by atoms with Crippen molar-refractivity contribution in [3.05, 3.63) is 23.3 Å². The Hall–Kier alpha value is -1.95. The monoisotopic (exact) mass is 350 g/mol. The highest BCUT2D eigenvalue weighted by Gasteiger charge is 2.25. The maximum absolute atomic E-state index is 12.6. The van der Waals surface area contributed by atoms with Crippen molar-refractivity contribution in [3.63, 3.8) is 0 Å². The van der Waals surface area contributed by atoms with E-state index in [1.54, 1.807) is 14.2 Å². The van der Waals surface area contributed by atoms with Gasteiger partial charge in [0.2, 0.25) is 0 Å². The molecule has 0 bridgehead atoms. The summed E-state index contributed by atoms with van der Waals surface area (Å²) in [6, 6.07) is 3.69. The van der Waals surface area contributed by atoms with Gasteiger partial charge in [-0.15, -0.1) is 0 Å². The molecule has 1 aromatic carbocycles. The van der Waals surface area contributed by atoms with Crippen LogP contribution in [0.4, 0.5) is 4.79 Å². The van der Waals surface area contributed by atoms with Gasteiger partial charge in [0.1, 0.15) is 0 Å². The summed E-state index contributed by atoms with van der Waals surface area (Å²) in [7, 11) is 3.23. The third kappa shape index (κ3) is 4.78. The highest BCUT2D eigenvalue weighted by Crippen LogP contribution is 2.33. The van der Waals surface area contributed by atoms with Crippen LogP contribution in [-0.4, -0.2) is 51.0 Å². The Kier molecular flexibility index (Phi) is 6.93. The summed E-state index contributed by atoms with van der Waals surface area (Å²) in [5.74, 6) is 1.36. The van der Waals surface area contributed by atoms with Crippen molar-refractivity contribution in [3.8, 4) is 11.5 Å². The molecule has 1 N–H and O–H groups in total. The summed E-state index contributed by atoms with van der Waals surface area (Å²) in [5, 5.41) is 3.09. The van der Waals surface area contributed by atoms with Crippen LogP contribution in [0.3, 0.4) is 0 Å². The zero-order chi connectivity index (χ0) is 18.4. The first-order chi connectivity index (χ1) is 12.0. The Labute approximate surface area is 150 Å². The Bertz CT molecular complexity index is 589. The Balaban J connectivity index is 2.06. The molecule has 1 aliphatic heterocycles. The van der Waals surface area contributed by atoms with Gasteiger partial charge < -0.3 is 24.4 Å². The van der Waals surface area contributed by atoms with Gasteiger partial charge in [-0.25, -0.2) is 4.79 Å². The molecule has 6 nitrogen and oxygen atoms in total. The SMILES string of the molecule is CCO[C@H]1CCCN(C(=O)N[C@@H](C)c2cc(OC)c(OC)cc2C)C1. The van der Waals surface area contributed by atoms with E-state index in [1.165, 1.54) is 0 Å². The fourth-order valence-corrected chi connectivity index (χ4v) is 3.31. The van der Waals surface area contributed by atoms with Crippen molar-refractivity contribution < 1.29 is 19.0 Å². The molecule has 0 radical (unpaired) electrons. The molecular formula is C19H30N2O4. The lowest BCUT2D eigenvalue weighted by atomic mass is 10.0. The quantitative estimate of drug-likeness (QED) is 0.855. The van der Waals surface area contributed by atoms with Crippen LogP contribution in [-0.2, 0) is 4.74 Å². The topological polar surface area (TPSA) is 60.0 Å². The number of carbonyl (C=O) groups is 1. The molecule has 6 heteroatoms. The second kappa shape index (κ2) is 8.94. The first kappa shape index (κ1) is 19.4. The second-order valence-electron chi connectivity index (χ2n) is 6.40. The van der Waals surface area contributed by atoms with Crippen molar-refractivity contribution in [2.24, 2.45) is 0 Å². The maximum atomic E-state index is 12.6. The predicted octanol–water partition coefficient (Wildman–Crippen LogP) is 3.28. The van der Waals surface area contributed by atoms with Gasteiger partial charge in [-0.2, -0.15) is 0 Å². The number of nitrogens with zero attached hydrogens (tertiary/aromatic N) is 1. The average molecular weight is 350 g/mol. The summed E-state index contributed by atoms with van der Waals surface area (Å²) in [4.78, 5) is 14.5. The number of likely N-dealkylation sites (tertiary alicyclic amines) is 1. The minimum Gasteiger partial charge on any atom is -0.493 e. The Morgan fingerprint density at radius 1 is 1.32 bits per heavy atom. The fraction of sp³-hybridized carbons (Fsp3) is 0.632. The van der Waals surface area contributed by atoms with Crippen LogP contribution in [0.1, 0.15) is 43.9 Å². The number of hydrogen-bond acceptors (Lipinski definition) is 4. The molecule has 0 spiro atoms. The van der Waals surface area contributed by atoms with E-state index in [0.717, 1.165) is 30.5 Å². The molecule has 2 amide bonds. The van der Waals surface area contributed by atoms with Crippen LogP contribution in [0.25, 0.3) is 0 Å². The maximum Gasteiger partial charge on any atom is 0.317 e. The van der Waals surface area contributed by atoms with E-state index in [0.29, 0.717) is 24.7 Å². The van der Waals surface area contributed by atoms with Crippen molar-refractivity contribution in [1.29, 1.82) is 0 Å². The van der Waals surface area contributed by atoms with Gasteiger partial charge in [-0.05, 0) is 56.9 Å². The average Bonchev–Trinajstić information content (AvgIpc) is 2.61. The largest absolute Gasteiger partial charge is 0.493 e. The van der Waals surface area contributed by atoms with Gasteiger partial charge >= 0.3 is 6.03 Å². The molecule has 0 aromatic heterocycles. The van der Waals surface area contributed by atoms with Gasteiger partial charge in [-0.1, -0.05) is 0 Å². The molecule has 1 aliphatic rings. The molecule has 25 heavy (non-hydrogen) atoms. The second-order valence-corrected chi connectivity index (χ2v) is 6.40. The lowest BCUT2D eigenvalue weighted by molar-refractivity contribution is 0.0162. The standard InChI is InChI=1S/C19H30N2O4/c1-6-25-15-8-7-9-21(12-15)19(22)20-14(3)16-11-18(24-5)17(23-4)10-13(16)2/h10-11,14-15H,6-9,12H2,1-5H3,(H,20,22)/t14-,15-/m0/s1. The molecule has 1 saturated heterocycles. The number of rotatable bonds is 6. The molecular weight excluding hydrogens is 320 g/mol. The van der Waals surface area contributed by atoms with Crippen LogP contribution < -0.4 is 14.8 Å². The Morgan fingerprint density at radius 2 is 2.00 bits per heavy atom. The first-order valence-electron chi connectivity index (χ1n) is 8.89. The van der Waals surface area contributed by atoms with Crippen LogP contribution >= 0.6 is 0 Å². The van der Waals surface area contributed by atoms with Crippen LogP contribution in [0.15, 0.2) is 12.1 Å². The number of amides is 2. The third-order valence-electron chi connectivity index (χ3n) is 4.65. The molecule has 2 rings (SSSR count). The van der Waals surface area contributed by atoms with Crippen molar-refractivity contribution in [2.75, 3.05) is 33.9 Å². The van der Waals surface area contributed by atoms with Gasteiger partial charge in [0.05, 0.1) is 26.4 Å². The van der Waals surface area contributed by atoms with Crippen LogP contribution in [0, 0.1) is 6.92 Å². The fourth-order valence-electron chi connectivity index (χ4n) is 3.31. The van der Waals surface area contributed by atoms with Crippen LogP contribution in [0.5, 0.6) is 11.5 Å². The van der Waals surface area contributed by atoms with Gasteiger partial charge in [0.15, 0.2) is 11.5 Å². The van der Waals surface area contributed by atoms with Crippen LogP contribution in [0.2, 0.25) is 0 Å². The zero-order valence-electron chi connectivity index (χ0n) is 15.9. The first-order valence-corrected chi connectivity index (χ1v) is 8.89. The van der Waals surface area contributed by atoms with Crippen molar-refractivity contribution in [2.45, 2.75) is 45.8 Å². The highest BCUT2D eigenvalue weighted by molar-refractivity contribution is 5.75. The number of ether oxygens (including phenoxy) is 3. The van der Waals surface area contributed by atoms with E-state index < -0.39 is 0 Å². The summed E-state index contributed by atoms with van der Waals surface area (Å²) in [6.45, 7) is 8.08. The number of piperidine rings is 1. The van der Waals surface area contributed by atoms with E-state index in [9.17, 15) is 4.79 Å². The molecule has 1 aromatic rings. The van der Waals surface area contributed by atoms with Crippen molar-refractivity contribution >= 4 is 6.03 Å². The summed E-state index contributed by atoms with van der Waals surface area (Å²) < 4.78 is 16.4.